The predicted octanol–water partition coefficient (Wildman–Crippen LogP) is 0.426. The topological polar surface area (TPSA) is 145 Å². The zero-order chi connectivity index (χ0) is 7.44. The summed E-state index contributed by atoms with van der Waals surface area (Å²) in [4.78, 5) is 19.7. The Kier molecular flexibility index (Phi) is 9.95. The lowest BCUT2D eigenvalue weighted by atomic mass is 10.3. The van der Waals surface area contributed by atoms with Crippen LogP contribution in [-0.2, 0) is 9.59 Å². The van der Waals surface area contributed by atoms with E-state index >= 15 is 0 Å². The highest BCUT2D eigenvalue weighted by atomic mass is 16.4. The maximum absolute atomic E-state index is 9.90. The molecule has 0 radical (unpaired) electrons. The fourth-order valence-corrected chi connectivity index (χ4v) is 0.247. The van der Waals surface area contributed by atoms with Crippen LogP contribution in [0.15, 0.2) is 11.6 Å². The molecule has 0 saturated heterocycles. The number of carboxylic acids is 2. The molecule has 0 aliphatic rings. The monoisotopic (exact) mass is 164 g/mol. The maximum Gasteiger partial charge on any atom is 0.331 e. The second-order valence-electron chi connectivity index (χ2n) is 1.47. The zero-order valence-electron chi connectivity index (χ0n) is 6.20. The lowest BCUT2D eigenvalue weighted by Crippen LogP contribution is -1.99. The van der Waals surface area contributed by atoms with Crippen LogP contribution in [0.3, 0.4) is 0 Å². The first-order valence-electron chi connectivity index (χ1n) is 2.18. The van der Waals surface area contributed by atoms with Gasteiger partial charge in [-0.1, -0.05) is 0 Å². The first-order chi connectivity index (χ1) is 4.04. The highest BCUT2D eigenvalue weighted by molar-refractivity contribution is 5.93. The van der Waals surface area contributed by atoms with Crippen LogP contribution in [0.2, 0.25) is 0 Å². The Morgan fingerprint density at radius 3 is 1.64 bits per heavy atom. The van der Waals surface area contributed by atoms with Gasteiger partial charge in [-0.15, -0.1) is 0 Å². The molecule has 0 heterocycles. The summed E-state index contributed by atoms with van der Waals surface area (Å²) in [7, 11) is 0. The Morgan fingerprint density at radius 2 is 1.55 bits per heavy atom. The lowest BCUT2D eigenvalue weighted by molar-refractivity contribution is -0.135. The second-order valence-corrected chi connectivity index (χ2v) is 1.47. The van der Waals surface area contributed by atoms with Gasteiger partial charge in [0, 0.05) is 11.6 Å². The third-order valence-corrected chi connectivity index (χ3v) is 0.677. The summed E-state index contributed by atoms with van der Waals surface area (Å²) >= 11 is 0. The Labute approximate surface area is 63.7 Å². The van der Waals surface area contributed by atoms with Crippen molar-refractivity contribution < 1.29 is 19.8 Å². The van der Waals surface area contributed by atoms with Gasteiger partial charge in [-0.3, -0.25) is 0 Å². The average molecular weight is 164 g/mol. The van der Waals surface area contributed by atoms with Crippen LogP contribution >= 0.6 is 0 Å². The van der Waals surface area contributed by atoms with Crippen molar-refractivity contribution >= 4 is 11.9 Å². The third-order valence-electron chi connectivity index (χ3n) is 0.677. The van der Waals surface area contributed by atoms with E-state index < -0.39 is 11.9 Å². The van der Waals surface area contributed by atoms with Crippen LogP contribution in [-0.4, -0.2) is 22.2 Å². The molecule has 0 saturated carbocycles. The van der Waals surface area contributed by atoms with Crippen molar-refractivity contribution in [3.8, 4) is 0 Å². The van der Waals surface area contributed by atoms with Gasteiger partial charge in [0.2, 0.25) is 0 Å². The van der Waals surface area contributed by atoms with Crippen LogP contribution in [0.4, 0.5) is 0 Å². The highest BCUT2D eigenvalue weighted by Gasteiger charge is 2.00. The van der Waals surface area contributed by atoms with Crippen molar-refractivity contribution in [1.29, 1.82) is 0 Å². The molecule has 0 spiro atoms. The van der Waals surface area contributed by atoms with Gasteiger partial charge in [0.25, 0.3) is 0 Å². The Bertz CT molecular complexity index is 175. The number of hydrogen-bond donors (Lipinski definition) is 4. The summed E-state index contributed by atoms with van der Waals surface area (Å²) in [6.07, 6.45) is 0.641. The first kappa shape index (κ1) is 16.3. The van der Waals surface area contributed by atoms with E-state index in [1.807, 2.05) is 0 Å². The summed E-state index contributed by atoms with van der Waals surface area (Å²) in [5.41, 5.74) is -0.178. The molecule has 0 atom stereocenters. The maximum atomic E-state index is 9.90. The largest absolute Gasteiger partial charge is 0.478 e. The molecule has 0 aliphatic carbocycles. The minimum Gasteiger partial charge on any atom is -0.478 e. The zero-order valence-corrected chi connectivity index (χ0v) is 6.20. The van der Waals surface area contributed by atoms with Gasteiger partial charge < -0.3 is 22.5 Å². The number of hydrogen-bond acceptors (Lipinski definition) is 4. The van der Waals surface area contributed by atoms with Crippen LogP contribution < -0.4 is 12.3 Å². The molecular formula is C5H12N2O4. The molecule has 0 aliphatic heterocycles. The molecule has 11 heavy (non-hydrogen) atoms. The first-order valence-corrected chi connectivity index (χ1v) is 2.18. The van der Waals surface area contributed by atoms with Gasteiger partial charge in [0.15, 0.2) is 0 Å². The van der Waals surface area contributed by atoms with Crippen molar-refractivity contribution in [1.82, 2.24) is 12.3 Å². The van der Waals surface area contributed by atoms with E-state index in [0.29, 0.717) is 6.08 Å². The van der Waals surface area contributed by atoms with Crippen molar-refractivity contribution in [2.24, 2.45) is 0 Å². The minimum atomic E-state index is -1.24. The number of rotatable bonds is 2. The Balaban J connectivity index is -0.000000320. The van der Waals surface area contributed by atoms with Gasteiger partial charge >= 0.3 is 11.9 Å². The minimum absolute atomic E-state index is 0. The molecule has 0 rings (SSSR count). The fourth-order valence-electron chi connectivity index (χ4n) is 0.247. The summed E-state index contributed by atoms with van der Waals surface area (Å²) < 4.78 is 0. The standard InChI is InChI=1S/C5H6O4.2H3N/c1-3(5(8)9)2-4(6)7;;/h2H,1H3,(H,6,7)(H,8,9);2*1H3/b3-2-;;. The quantitative estimate of drug-likeness (QED) is 0.435. The molecule has 0 aromatic carbocycles. The summed E-state index contributed by atoms with van der Waals surface area (Å²) in [5.74, 6) is -2.45. The number of aliphatic carboxylic acids is 2. The van der Waals surface area contributed by atoms with E-state index in [-0.39, 0.29) is 17.9 Å². The van der Waals surface area contributed by atoms with Crippen molar-refractivity contribution in [2.45, 2.75) is 6.92 Å². The second kappa shape index (κ2) is 6.72. The van der Waals surface area contributed by atoms with Crippen molar-refractivity contribution in [3.63, 3.8) is 0 Å². The molecule has 66 valence electrons. The summed E-state index contributed by atoms with van der Waals surface area (Å²) in [6.45, 7) is 1.22. The van der Waals surface area contributed by atoms with Gasteiger partial charge in [0.05, 0.1) is 0 Å². The van der Waals surface area contributed by atoms with Crippen LogP contribution in [0.25, 0.3) is 0 Å². The van der Waals surface area contributed by atoms with E-state index in [1.54, 1.807) is 0 Å². The van der Waals surface area contributed by atoms with Gasteiger partial charge in [-0.25, -0.2) is 9.59 Å². The predicted molar refractivity (Wildman–Crippen MR) is 39.1 cm³/mol. The molecule has 6 nitrogen and oxygen atoms in total. The number of carboxylic acid groups (broad SMARTS) is 2. The van der Waals surface area contributed by atoms with Crippen LogP contribution in [0.1, 0.15) is 6.92 Å². The molecule has 0 bridgehead atoms. The molecule has 6 heteroatoms. The van der Waals surface area contributed by atoms with E-state index in [1.165, 1.54) is 6.92 Å². The smallest absolute Gasteiger partial charge is 0.331 e. The van der Waals surface area contributed by atoms with E-state index in [0.717, 1.165) is 0 Å². The van der Waals surface area contributed by atoms with Crippen molar-refractivity contribution in [3.05, 3.63) is 11.6 Å². The van der Waals surface area contributed by atoms with Crippen LogP contribution in [0.5, 0.6) is 0 Å². The SMILES string of the molecule is C/C(=C/C(=O)O)C(=O)O.N.N. The summed E-state index contributed by atoms with van der Waals surface area (Å²) in [6, 6.07) is 0. The fraction of sp³-hybridized carbons (Fsp3) is 0.200. The van der Waals surface area contributed by atoms with E-state index in [4.69, 9.17) is 10.2 Å². The van der Waals surface area contributed by atoms with Gasteiger partial charge in [-0.2, -0.15) is 0 Å². The van der Waals surface area contributed by atoms with Gasteiger partial charge in [-0.05, 0) is 6.92 Å². The molecule has 0 amide bonds. The van der Waals surface area contributed by atoms with Crippen molar-refractivity contribution in [2.75, 3.05) is 0 Å². The molecule has 8 N–H and O–H groups in total. The average Bonchev–Trinajstić information content (AvgIpc) is 1.63. The molecule has 0 aromatic heterocycles. The third kappa shape index (κ3) is 8.60. The normalized spacial score (nSPS) is 9.00. The Hall–Kier alpha value is -1.40. The molecule has 0 aromatic rings. The van der Waals surface area contributed by atoms with E-state index in [9.17, 15) is 9.59 Å². The molecule has 0 fully saturated rings. The number of carbonyl (C=O) groups is 2. The Morgan fingerprint density at radius 1 is 1.18 bits per heavy atom. The van der Waals surface area contributed by atoms with Crippen LogP contribution in [0, 0.1) is 0 Å². The summed E-state index contributed by atoms with van der Waals surface area (Å²) in [5, 5.41) is 16.1. The lowest BCUT2D eigenvalue weighted by Gasteiger charge is -1.86. The van der Waals surface area contributed by atoms with Gasteiger partial charge in [0.1, 0.15) is 0 Å². The highest BCUT2D eigenvalue weighted by Crippen LogP contribution is 1.89. The van der Waals surface area contributed by atoms with E-state index in [2.05, 4.69) is 0 Å². The molecular weight excluding hydrogens is 152 g/mol. The molecule has 0 unspecified atom stereocenters.